The van der Waals surface area contributed by atoms with Gasteiger partial charge in [-0.1, -0.05) is 32.6 Å². The van der Waals surface area contributed by atoms with Gasteiger partial charge in [-0.2, -0.15) is 0 Å². The zero-order valence-electron chi connectivity index (χ0n) is 8.74. The first-order valence-corrected chi connectivity index (χ1v) is 5.34. The SMILES string of the molecule is CCCCCC[C@]1(O)COOC[C@H]1O. The Hall–Kier alpha value is -0.160. The van der Waals surface area contributed by atoms with Gasteiger partial charge in [-0.05, 0) is 6.42 Å². The van der Waals surface area contributed by atoms with E-state index in [0.717, 1.165) is 12.8 Å². The van der Waals surface area contributed by atoms with E-state index < -0.39 is 11.7 Å². The van der Waals surface area contributed by atoms with E-state index in [1.54, 1.807) is 0 Å². The Balaban J connectivity index is 2.25. The lowest BCUT2D eigenvalue weighted by Gasteiger charge is -2.35. The van der Waals surface area contributed by atoms with Crippen LogP contribution in [0.3, 0.4) is 0 Å². The molecule has 0 aromatic heterocycles. The van der Waals surface area contributed by atoms with Gasteiger partial charge in [0.25, 0.3) is 0 Å². The number of unbranched alkanes of at least 4 members (excludes halogenated alkanes) is 3. The summed E-state index contributed by atoms with van der Waals surface area (Å²) in [6.45, 7) is 2.27. The van der Waals surface area contributed by atoms with Crippen molar-refractivity contribution in [2.75, 3.05) is 13.2 Å². The largest absolute Gasteiger partial charge is 0.387 e. The van der Waals surface area contributed by atoms with Crippen LogP contribution in [0.2, 0.25) is 0 Å². The standard InChI is InChI=1S/C10H20O4/c1-2-3-4-5-6-10(12)8-14-13-7-9(10)11/h9,11-12H,2-8H2,1H3/t9-,10+/m1/s1. The van der Waals surface area contributed by atoms with E-state index in [1.807, 2.05) is 0 Å². The van der Waals surface area contributed by atoms with Gasteiger partial charge in [-0.25, -0.2) is 9.78 Å². The highest BCUT2D eigenvalue weighted by Gasteiger charge is 2.39. The van der Waals surface area contributed by atoms with Crippen molar-refractivity contribution >= 4 is 0 Å². The normalized spacial score (nSPS) is 33.2. The second-order valence-corrected chi connectivity index (χ2v) is 3.98. The van der Waals surface area contributed by atoms with Crippen molar-refractivity contribution in [1.82, 2.24) is 0 Å². The molecule has 1 rings (SSSR count). The minimum Gasteiger partial charge on any atom is -0.387 e. The second kappa shape index (κ2) is 5.66. The number of aliphatic hydroxyl groups excluding tert-OH is 1. The predicted molar refractivity (Wildman–Crippen MR) is 51.6 cm³/mol. The molecule has 0 aliphatic carbocycles. The van der Waals surface area contributed by atoms with Crippen molar-refractivity contribution in [1.29, 1.82) is 0 Å². The molecule has 4 heteroatoms. The van der Waals surface area contributed by atoms with E-state index in [9.17, 15) is 10.2 Å². The maximum absolute atomic E-state index is 9.98. The zero-order valence-corrected chi connectivity index (χ0v) is 8.74. The first-order valence-electron chi connectivity index (χ1n) is 5.34. The molecule has 1 heterocycles. The van der Waals surface area contributed by atoms with Crippen molar-refractivity contribution in [3.63, 3.8) is 0 Å². The van der Waals surface area contributed by atoms with Gasteiger partial charge in [0.1, 0.15) is 24.9 Å². The van der Waals surface area contributed by atoms with Crippen LogP contribution in [0, 0.1) is 0 Å². The molecule has 2 N–H and O–H groups in total. The molecule has 0 aromatic carbocycles. The number of hydrogen-bond acceptors (Lipinski definition) is 4. The fourth-order valence-electron chi connectivity index (χ4n) is 1.60. The summed E-state index contributed by atoms with van der Waals surface area (Å²) in [6.07, 6.45) is 4.11. The molecule has 14 heavy (non-hydrogen) atoms. The molecule has 2 atom stereocenters. The molecule has 0 spiro atoms. The molecule has 0 aromatic rings. The molecule has 0 bridgehead atoms. The summed E-state index contributed by atoms with van der Waals surface area (Å²) in [5.41, 5.74) is -1.11. The summed E-state index contributed by atoms with van der Waals surface area (Å²) in [6, 6.07) is 0. The molecule has 0 saturated carbocycles. The molecule has 0 radical (unpaired) electrons. The van der Waals surface area contributed by atoms with E-state index in [0.29, 0.717) is 6.42 Å². The summed E-state index contributed by atoms with van der Waals surface area (Å²) < 4.78 is 0. The van der Waals surface area contributed by atoms with Crippen LogP contribution in [-0.2, 0) is 9.78 Å². The summed E-state index contributed by atoms with van der Waals surface area (Å²) in [7, 11) is 0. The zero-order chi connectivity index (χ0) is 10.4. The topological polar surface area (TPSA) is 58.9 Å². The van der Waals surface area contributed by atoms with Crippen LogP contribution < -0.4 is 0 Å². The fraction of sp³-hybridized carbons (Fsp3) is 1.00. The van der Waals surface area contributed by atoms with E-state index in [2.05, 4.69) is 11.8 Å². The lowest BCUT2D eigenvalue weighted by molar-refractivity contribution is -0.373. The summed E-state index contributed by atoms with van der Waals surface area (Å²) in [5.74, 6) is 0. The van der Waals surface area contributed by atoms with Crippen molar-refractivity contribution < 1.29 is 20.0 Å². The molecule has 84 valence electrons. The molecular formula is C10H20O4. The average Bonchev–Trinajstić information content (AvgIpc) is 2.18. The third-order valence-electron chi connectivity index (χ3n) is 2.70. The molecule has 0 amide bonds. The number of rotatable bonds is 5. The fourth-order valence-corrected chi connectivity index (χ4v) is 1.60. The van der Waals surface area contributed by atoms with E-state index >= 15 is 0 Å². The molecule has 1 aliphatic heterocycles. The van der Waals surface area contributed by atoms with E-state index in [1.165, 1.54) is 12.8 Å². The summed E-state index contributed by atoms with van der Waals surface area (Å²) in [4.78, 5) is 9.30. The molecule has 4 nitrogen and oxygen atoms in total. The van der Waals surface area contributed by atoms with Crippen LogP contribution >= 0.6 is 0 Å². The smallest absolute Gasteiger partial charge is 0.119 e. The summed E-state index contributed by atoms with van der Waals surface area (Å²) >= 11 is 0. The number of aliphatic hydroxyl groups is 2. The quantitative estimate of drug-likeness (QED) is 0.518. The highest BCUT2D eigenvalue weighted by atomic mass is 17.2. The molecular weight excluding hydrogens is 184 g/mol. The van der Waals surface area contributed by atoms with Crippen molar-refractivity contribution in [2.45, 2.75) is 50.7 Å². The van der Waals surface area contributed by atoms with Gasteiger partial charge < -0.3 is 10.2 Å². The maximum atomic E-state index is 9.98. The van der Waals surface area contributed by atoms with Crippen LogP contribution in [0.25, 0.3) is 0 Å². The minimum atomic E-state index is -1.11. The Morgan fingerprint density at radius 3 is 2.71 bits per heavy atom. The van der Waals surface area contributed by atoms with Crippen LogP contribution in [0.1, 0.15) is 39.0 Å². The Bertz CT molecular complexity index is 162. The molecule has 1 fully saturated rings. The van der Waals surface area contributed by atoms with Gasteiger partial charge in [0.15, 0.2) is 0 Å². The Labute approximate surface area is 84.8 Å². The van der Waals surface area contributed by atoms with Crippen molar-refractivity contribution in [3.8, 4) is 0 Å². The van der Waals surface area contributed by atoms with Gasteiger partial charge in [0.05, 0.1) is 0 Å². The highest BCUT2D eigenvalue weighted by Crippen LogP contribution is 2.24. The lowest BCUT2D eigenvalue weighted by atomic mass is 9.91. The van der Waals surface area contributed by atoms with Gasteiger partial charge in [-0.3, -0.25) is 0 Å². The molecule has 0 unspecified atom stereocenters. The molecule has 1 saturated heterocycles. The lowest BCUT2D eigenvalue weighted by Crippen LogP contribution is -2.52. The Morgan fingerprint density at radius 2 is 2.07 bits per heavy atom. The Morgan fingerprint density at radius 1 is 1.29 bits per heavy atom. The predicted octanol–water partition coefficient (Wildman–Crippen LogP) is 1.01. The number of hydrogen-bond donors (Lipinski definition) is 2. The van der Waals surface area contributed by atoms with E-state index in [4.69, 9.17) is 4.89 Å². The molecule has 1 aliphatic rings. The van der Waals surface area contributed by atoms with Crippen LogP contribution in [0.4, 0.5) is 0 Å². The third kappa shape index (κ3) is 3.20. The van der Waals surface area contributed by atoms with E-state index in [-0.39, 0.29) is 13.2 Å². The Kier molecular flexibility index (Phi) is 4.81. The van der Waals surface area contributed by atoms with Crippen molar-refractivity contribution in [2.24, 2.45) is 0 Å². The average molecular weight is 204 g/mol. The summed E-state index contributed by atoms with van der Waals surface area (Å²) in [5, 5.41) is 19.5. The second-order valence-electron chi connectivity index (χ2n) is 3.98. The first kappa shape index (κ1) is 11.9. The maximum Gasteiger partial charge on any atom is 0.119 e. The first-order chi connectivity index (χ1) is 6.69. The van der Waals surface area contributed by atoms with Gasteiger partial charge in [0, 0.05) is 0 Å². The van der Waals surface area contributed by atoms with Gasteiger partial charge >= 0.3 is 0 Å². The van der Waals surface area contributed by atoms with Crippen LogP contribution in [-0.4, -0.2) is 35.1 Å². The van der Waals surface area contributed by atoms with Gasteiger partial charge in [-0.15, -0.1) is 0 Å². The van der Waals surface area contributed by atoms with Crippen LogP contribution in [0.15, 0.2) is 0 Å². The monoisotopic (exact) mass is 204 g/mol. The van der Waals surface area contributed by atoms with Gasteiger partial charge in [0.2, 0.25) is 0 Å². The van der Waals surface area contributed by atoms with Crippen LogP contribution in [0.5, 0.6) is 0 Å². The van der Waals surface area contributed by atoms with Crippen molar-refractivity contribution in [3.05, 3.63) is 0 Å². The third-order valence-corrected chi connectivity index (χ3v) is 2.70. The minimum absolute atomic E-state index is 0.0598. The highest BCUT2D eigenvalue weighted by molar-refractivity contribution is 4.87.